The number of benzene rings is 2. The van der Waals surface area contributed by atoms with E-state index in [1.54, 1.807) is 24.3 Å². The SMILES string of the molecule is Cc1ccc2c(c1)C(=O)N(c1cccc(C(C)N)c1)C2=O. The van der Waals surface area contributed by atoms with E-state index in [0.29, 0.717) is 16.8 Å². The number of nitrogens with zero attached hydrogens (tertiary/aromatic N) is 1. The van der Waals surface area contributed by atoms with Gasteiger partial charge in [-0.25, -0.2) is 4.90 Å². The summed E-state index contributed by atoms with van der Waals surface area (Å²) in [6.07, 6.45) is 0. The van der Waals surface area contributed by atoms with Crippen LogP contribution in [0.25, 0.3) is 0 Å². The van der Waals surface area contributed by atoms with E-state index in [-0.39, 0.29) is 17.9 Å². The zero-order valence-electron chi connectivity index (χ0n) is 12.0. The third kappa shape index (κ3) is 2.14. The molecule has 0 aromatic heterocycles. The normalized spacial score (nSPS) is 15.3. The van der Waals surface area contributed by atoms with Crippen LogP contribution in [0, 0.1) is 6.92 Å². The number of fused-ring (bicyclic) bond motifs is 1. The molecule has 0 radical (unpaired) electrons. The van der Waals surface area contributed by atoms with Gasteiger partial charge in [0, 0.05) is 6.04 Å². The molecule has 1 unspecified atom stereocenters. The van der Waals surface area contributed by atoms with Gasteiger partial charge in [-0.2, -0.15) is 0 Å². The molecule has 2 N–H and O–H groups in total. The fourth-order valence-electron chi connectivity index (χ4n) is 2.54. The highest BCUT2D eigenvalue weighted by Gasteiger charge is 2.36. The van der Waals surface area contributed by atoms with Crippen molar-refractivity contribution >= 4 is 17.5 Å². The summed E-state index contributed by atoms with van der Waals surface area (Å²) < 4.78 is 0. The Labute approximate surface area is 123 Å². The molecule has 0 aliphatic carbocycles. The fraction of sp³-hybridized carbons (Fsp3) is 0.176. The summed E-state index contributed by atoms with van der Waals surface area (Å²) in [6, 6.07) is 12.4. The van der Waals surface area contributed by atoms with E-state index in [1.165, 1.54) is 4.90 Å². The van der Waals surface area contributed by atoms with Crippen LogP contribution < -0.4 is 10.6 Å². The molecular formula is C17H16N2O2. The van der Waals surface area contributed by atoms with Crippen LogP contribution in [0.15, 0.2) is 42.5 Å². The molecule has 2 aromatic rings. The number of rotatable bonds is 2. The van der Waals surface area contributed by atoms with E-state index in [2.05, 4.69) is 0 Å². The maximum Gasteiger partial charge on any atom is 0.266 e. The number of nitrogens with two attached hydrogens (primary N) is 1. The first kappa shape index (κ1) is 13.5. The van der Waals surface area contributed by atoms with Crippen molar-refractivity contribution in [2.24, 2.45) is 5.73 Å². The van der Waals surface area contributed by atoms with Crippen molar-refractivity contribution in [1.82, 2.24) is 0 Å². The third-order valence-corrected chi connectivity index (χ3v) is 3.70. The lowest BCUT2D eigenvalue weighted by Gasteiger charge is -2.16. The highest BCUT2D eigenvalue weighted by molar-refractivity contribution is 6.34. The Balaban J connectivity index is 2.07. The van der Waals surface area contributed by atoms with Gasteiger partial charge < -0.3 is 5.73 Å². The number of aryl methyl sites for hydroxylation is 1. The van der Waals surface area contributed by atoms with Crippen LogP contribution in [0.3, 0.4) is 0 Å². The number of carbonyl (C=O) groups excluding carboxylic acids is 2. The van der Waals surface area contributed by atoms with Crippen LogP contribution in [0.2, 0.25) is 0 Å². The predicted molar refractivity (Wildman–Crippen MR) is 81.4 cm³/mol. The van der Waals surface area contributed by atoms with Crippen LogP contribution in [-0.4, -0.2) is 11.8 Å². The van der Waals surface area contributed by atoms with Gasteiger partial charge in [-0.15, -0.1) is 0 Å². The summed E-state index contributed by atoms with van der Waals surface area (Å²) in [5.74, 6) is -0.558. The van der Waals surface area contributed by atoms with E-state index >= 15 is 0 Å². The van der Waals surface area contributed by atoms with E-state index in [1.807, 2.05) is 32.0 Å². The van der Waals surface area contributed by atoms with E-state index < -0.39 is 0 Å². The molecule has 3 rings (SSSR count). The second-order valence-corrected chi connectivity index (χ2v) is 5.38. The molecule has 0 bridgehead atoms. The van der Waals surface area contributed by atoms with E-state index in [9.17, 15) is 9.59 Å². The second-order valence-electron chi connectivity index (χ2n) is 5.38. The maximum absolute atomic E-state index is 12.5. The van der Waals surface area contributed by atoms with Gasteiger partial charge >= 0.3 is 0 Å². The highest BCUT2D eigenvalue weighted by atomic mass is 16.2. The van der Waals surface area contributed by atoms with Crippen molar-refractivity contribution in [3.8, 4) is 0 Å². The summed E-state index contributed by atoms with van der Waals surface area (Å²) in [7, 11) is 0. The summed E-state index contributed by atoms with van der Waals surface area (Å²) >= 11 is 0. The summed E-state index contributed by atoms with van der Waals surface area (Å²) in [6.45, 7) is 3.77. The smallest absolute Gasteiger partial charge is 0.266 e. The monoisotopic (exact) mass is 280 g/mol. The molecule has 4 heteroatoms. The zero-order chi connectivity index (χ0) is 15.1. The van der Waals surface area contributed by atoms with Crippen molar-refractivity contribution in [2.45, 2.75) is 19.9 Å². The van der Waals surface area contributed by atoms with Crippen LogP contribution in [-0.2, 0) is 0 Å². The lowest BCUT2D eigenvalue weighted by molar-refractivity contribution is 0.0926. The standard InChI is InChI=1S/C17H16N2O2/c1-10-6-7-14-15(8-10)17(21)19(16(14)20)13-5-3-4-12(9-13)11(2)18/h3-9,11H,18H2,1-2H3. The lowest BCUT2D eigenvalue weighted by atomic mass is 10.1. The molecule has 1 aliphatic heterocycles. The Bertz CT molecular complexity index is 750. The number of hydrogen-bond acceptors (Lipinski definition) is 3. The fourth-order valence-corrected chi connectivity index (χ4v) is 2.54. The minimum atomic E-state index is -0.281. The Morgan fingerprint density at radius 1 is 1.00 bits per heavy atom. The largest absolute Gasteiger partial charge is 0.324 e. The average molecular weight is 280 g/mol. The molecule has 0 spiro atoms. The lowest BCUT2D eigenvalue weighted by Crippen LogP contribution is -2.29. The molecule has 0 saturated carbocycles. The molecule has 2 amide bonds. The Hall–Kier alpha value is -2.46. The number of hydrogen-bond donors (Lipinski definition) is 1. The second kappa shape index (κ2) is 4.82. The number of imide groups is 1. The predicted octanol–water partition coefficient (Wildman–Crippen LogP) is 2.82. The molecule has 0 saturated heterocycles. The topological polar surface area (TPSA) is 63.4 Å². The molecular weight excluding hydrogens is 264 g/mol. The van der Waals surface area contributed by atoms with Crippen LogP contribution in [0.5, 0.6) is 0 Å². The quantitative estimate of drug-likeness (QED) is 0.860. The molecule has 1 atom stereocenters. The molecule has 21 heavy (non-hydrogen) atoms. The van der Waals surface area contributed by atoms with Gasteiger partial charge in [-0.05, 0) is 43.7 Å². The van der Waals surface area contributed by atoms with Gasteiger partial charge in [0.1, 0.15) is 0 Å². The Morgan fingerprint density at radius 2 is 1.71 bits per heavy atom. The molecule has 4 nitrogen and oxygen atoms in total. The summed E-state index contributed by atoms with van der Waals surface area (Å²) in [4.78, 5) is 26.2. The van der Waals surface area contributed by atoms with Crippen molar-refractivity contribution in [1.29, 1.82) is 0 Å². The first-order valence-electron chi connectivity index (χ1n) is 6.84. The van der Waals surface area contributed by atoms with Gasteiger partial charge in [-0.3, -0.25) is 9.59 Å². The minimum Gasteiger partial charge on any atom is -0.324 e. The maximum atomic E-state index is 12.5. The van der Waals surface area contributed by atoms with Crippen LogP contribution >= 0.6 is 0 Å². The van der Waals surface area contributed by atoms with E-state index in [4.69, 9.17) is 5.73 Å². The van der Waals surface area contributed by atoms with Gasteiger partial charge in [0.2, 0.25) is 0 Å². The highest BCUT2D eigenvalue weighted by Crippen LogP contribution is 2.30. The van der Waals surface area contributed by atoms with Crippen molar-refractivity contribution in [2.75, 3.05) is 4.90 Å². The van der Waals surface area contributed by atoms with Gasteiger partial charge in [0.05, 0.1) is 16.8 Å². The first-order chi connectivity index (χ1) is 9.99. The molecule has 1 aliphatic rings. The Morgan fingerprint density at radius 3 is 2.43 bits per heavy atom. The van der Waals surface area contributed by atoms with Gasteiger partial charge in [0.15, 0.2) is 0 Å². The van der Waals surface area contributed by atoms with Crippen molar-refractivity contribution in [3.63, 3.8) is 0 Å². The minimum absolute atomic E-state index is 0.151. The summed E-state index contributed by atoms with van der Waals surface area (Å²) in [5.41, 5.74) is 9.20. The number of anilines is 1. The molecule has 1 heterocycles. The van der Waals surface area contributed by atoms with Crippen LogP contribution in [0.4, 0.5) is 5.69 Å². The molecule has 106 valence electrons. The van der Waals surface area contributed by atoms with Gasteiger partial charge in [0.25, 0.3) is 11.8 Å². The van der Waals surface area contributed by atoms with Crippen LogP contribution in [0.1, 0.15) is 44.8 Å². The average Bonchev–Trinajstić information content (AvgIpc) is 2.70. The van der Waals surface area contributed by atoms with Crippen molar-refractivity contribution < 1.29 is 9.59 Å². The van der Waals surface area contributed by atoms with Gasteiger partial charge in [-0.1, -0.05) is 23.8 Å². The molecule has 0 fully saturated rings. The third-order valence-electron chi connectivity index (χ3n) is 3.70. The molecule has 2 aromatic carbocycles. The number of carbonyl (C=O) groups is 2. The first-order valence-corrected chi connectivity index (χ1v) is 6.84. The van der Waals surface area contributed by atoms with Crippen molar-refractivity contribution in [3.05, 3.63) is 64.7 Å². The Kier molecular flexibility index (Phi) is 3.11. The van der Waals surface area contributed by atoms with E-state index in [0.717, 1.165) is 11.1 Å². The number of amides is 2. The zero-order valence-corrected chi connectivity index (χ0v) is 12.0. The summed E-state index contributed by atoms with van der Waals surface area (Å²) in [5, 5.41) is 0.